The first-order valence-corrected chi connectivity index (χ1v) is 9.99. The van der Waals surface area contributed by atoms with Crippen molar-refractivity contribution >= 4 is 40.5 Å². The number of nitrogens with zero attached hydrogens (tertiary/aromatic N) is 2. The summed E-state index contributed by atoms with van der Waals surface area (Å²) in [6.07, 6.45) is 2.40. The van der Waals surface area contributed by atoms with Gasteiger partial charge in [0.25, 0.3) is 0 Å². The van der Waals surface area contributed by atoms with Crippen molar-refractivity contribution in [1.29, 1.82) is 0 Å². The number of para-hydroxylation sites is 1. The number of anilines is 3. The van der Waals surface area contributed by atoms with Gasteiger partial charge in [0, 0.05) is 31.4 Å². The molecular weight excluding hydrogens is 374 g/mol. The number of piperidine rings is 1. The van der Waals surface area contributed by atoms with Crippen LogP contribution in [0.2, 0.25) is 5.02 Å². The van der Waals surface area contributed by atoms with Gasteiger partial charge in [-0.15, -0.1) is 0 Å². The molecule has 28 heavy (non-hydrogen) atoms. The van der Waals surface area contributed by atoms with Crippen LogP contribution in [-0.2, 0) is 9.59 Å². The second-order valence-corrected chi connectivity index (χ2v) is 7.73. The summed E-state index contributed by atoms with van der Waals surface area (Å²) in [5, 5.41) is 3.22. The molecule has 2 aromatic carbocycles. The van der Waals surface area contributed by atoms with Crippen LogP contribution in [0.3, 0.4) is 0 Å². The van der Waals surface area contributed by atoms with Gasteiger partial charge < -0.3 is 15.1 Å². The van der Waals surface area contributed by atoms with Crippen molar-refractivity contribution < 1.29 is 9.59 Å². The monoisotopic (exact) mass is 399 g/mol. The minimum atomic E-state index is -0.294. The molecular formula is C22H26ClN3O2. The number of carbonyl (C=O) groups is 2. The van der Waals surface area contributed by atoms with Crippen LogP contribution in [0.25, 0.3) is 0 Å². The summed E-state index contributed by atoms with van der Waals surface area (Å²) in [5.41, 5.74) is 2.39. The van der Waals surface area contributed by atoms with Gasteiger partial charge in [-0.25, -0.2) is 0 Å². The van der Waals surface area contributed by atoms with E-state index in [2.05, 4.69) is 17.1 Å². The van der Waals surface area contributed by atoms with Gasteiger partial charge in [0.05, 0.1) is 10.7 Å². The Hall–Kier alpha value is -2.53. The van der Waals surface area contributed by atoms with Crippen molar-refractivity contribution in [2.75, 3.05) is 34.8 Å². The lowest BCUT2D eigenvalue weighted by atomic mass is 9.99. The zero-order valence-electron chi connectivity index (χ0n) is 16.3. The summed E-state index contributed by atoms with van der Waals surface area (Å²) in [4.78, 5) is 28.4. The second kappa shape index (κ2) is 9.11. The van der Waals surface area contributed by atoms with Crippen molar-refractivity contribution in [2.45, 2.75) is 26.7 Å². The molecule has 0 bridgehead atoms. The van der Waals surface area contributed by atoms with E-state index < -0.39 is 0 Å². The van der Waals surface area contributed by atoms with Crippen LogP contribution in [0.1, 0.15) is 26.7 Å². The highest BCUT2D eigenvalue weighted by Gasteiger charge is 2.19. The van der Waals surface area contributed by atoms with Gasteiger partial charge in [-0.3, -0.25) is 9.59 Å². The summed E-state index contributed by atoms with van der Waals surface area (Å²) in [6, 6.07) is 14.9. The zero-order chi connectivity index (χ0) is 20.1. The Morgan fingerprint density at radius 3 is 2.36 bits per heavy atom. The van der Waals surface area contributed by atoms with E-state index in [1.165, 1.54) is 24.7 Å². The molecule has 1 saturated heterocycles. The smallest absolute Gasteiger partial charge is 0.244 e. The molecule has 0 saturated carbocycles. The van der Waals surface area contributed by atoms with E-state index in [9.17, 15) is 9.59 Å². The average molecular weight is 400 g/mol. The lowest BCUT2D eigenvalue weighted by Gasteiger charge is -2.32. The first-order chi connectivity index (χ1) is 13.4. The lowest BCUT2D eigenvalue weighted by molar-refractivity contribution is -0.120. The molecule has 0 atom stereocenters. The highest BCUT2D eigenvalue weighted by Crippen LogP contribution is 2.26. The summed E-state index contributed by atoms with van der Waals surface area (Å²) >= 11 is 6.08. The molecule has 5 nitrogen and oxygen atoms in total. The fourth-order valence-corrected chi connectivity index (χ4v) is 3.57. The summed E-state index contributed by atoms with van der Waals surface area (Å²) in [5.74, 6) is 0.298. The number of nitrogens with one attached hydrogen (secondary N) is 1. The number of hydrogen-bond donors (Lipinski definition) is 1. The molecule has 2 amide bonds. The Bertz CT molecular complexity index is 830. The molecule has 1 fully saturated rings. The molecule has 2 aromatic rings. The number of benzene rings is 2. The molecule has 1 aliphatic rings. The van der Waals surface area contributed by atoms with E-state index in [0.29, 0.717) is 16.4 Å². The third-order valence-corrected chi connectivity index (χ3v) is 5.47. The fourth-order valence-electron chi connectivity index (χ4n) is 3.39. The molecule has 0 unspecified atom stereocenters. The van der Waals surface area contributed by atoms with Crippen LogP contribution >= 0.6 is 11.6 Å². The molecule has 1 aliphatic heterocycles. The summed E-state index contributed by atoms with van der Waals surface area (Å²) in [6.45, 7) is 5.79. The molecule has 0 spiro atoms. The largest absolute Gasteiger partial charge is 0.372 e. The van der Waals surface area contributed by atoms with Gasteiger partial charge in [-0.2, -0.15) is 0 Å². The van der Waals surface area contributed by atoms with Crippen molar-refractivity contribution in [3.63, 3.8) is 0 Å². The maximum absolute atomic E-state index is 12.4. The normalized spacial score (nSPS) is 14.6. The third kappa shape index (κ3) is 5.04. The van der Waals surface area contributed by atoms with Crippen LogP contribution < -0.4 is 15.1 Å². The van der Waals surface area contributed by atoms with Crippen molar-refractivity contribution in [3.05, 3.63) is 53.6 Å². The summed E-state index contributed by atoms with van der Waals surface area (Å²) in [7, 11) is 0. The molecule has 148 valence electrons. The average Bonchev–Trinajstić information content (AvgIpc) is 2.68. The van der Waals surface area contributed by atoms with Gasteiger partial charge in [-0.05, 0) is 55.2 Å². The maximum atomic E-state index is 12.4. The van der Waals surface area contributed by atoms with Crippen molar-refractivity contribution in [1.82, 2.24) is 0 Å². The third-order valence-electron chi connectivity index (χ3n) is 5.14. The van der Waals surface area contributed by atoms with E-state index >= 15 is 0 Å². The predicted octanol–water partition coefficient (Wildman–Crippen LogP) is 4.57. The quantitative estimate of drug-likeness (QED) is 0.801. The Kier molecular flexibility index (Phi) is 6.57. The number of carbonyl (C=O) groups excluding carboxylic acids is 2. The zero-order valence-corrected chi connectivity index (χ0v) is 17.1. The predicted molar refractivity (Wildman–Crippen MR) is 115 cm³/mol. The molecule has 3 rings (SSSR count). The van der Waals surface area contributed by atoms with Crippen LogP contribution in [0.5, 0.6) is 0 Å². The molecule has 0 aliphatic carbocycles. The van der Waals surface area contributed by atoms with E-state index in [4.69, 9.17) is 11.6 Å². The first kappa shape index (κ1) is 20.2. The number of amides is 2. The van der Waals surface area contributed by atoms with Gasteiger partial charge in [0.1, 0.15) is 6.54 Å². The fraction of sp³-hybridized carbons (Fsp3) is 0.364. The standard InChI is InChI=1S/C22H26ClN3O2/c1-16-11-13-25(14-12-16)18-7-9-19(10-8-18)26(17(2)27)15-22(28)24-21-6-4-3-5-20(21)23/h3-10,16H,11-15H2,1-2H3,(H,24,28). The lowest BCUT2D eigenvalue weighted by Crippen LogP contribution is -2.37. The Morgan fingerprint density at radius 2 is 1.75 bits per heavy atom. The minimum Gasteiger partial charge on any atom is -0.372 e. The highest BCUT2D eigenvalue weighted by molar-refractivity contribution is 6.33. The molecule has 0 aromatic heterocycles. The van der Waals surface area contributed by atoms with E-state index in [1.807, 2.05) is 24.3 Å². The molecule has 6 heteroatoms. The number of hydrogen-bond acceptors (Lipinski definition) is 3. The topological polar surface area (TPSA) is 52.7 Å². The van der Waals surface area contributed by atoms with Gasteiger partial charge >= 0.3 is 0 Å². The Labute approximate surface area is 171 Å². The molecule has 0 radical (unpaired) electrons. The van der Waals surface area contributed by atoms with Gasteiger partial charge in [0.15, 0.2) is 0 Å². The number of rotatable bonds is 5. The van der Waals surface area contributed by atoms with E-state index in [-0.39, 0.29) is 18.4 Å². The van der Waals surface area contributed by atoms with Crippen LogP contribution in [0, 0.1) is 5.92 Å². The van der Waals surface area contributed by atoms with E-state index in [1.54, 1.807) is 24.3 Å². The SMILES string of the molecule is CC(=O)N(CC(=O)Nc1ccccc1Cl)c1ccc(N2CCC(C)CC2)cc1. The van der Waals surface area contributed by atoms with Crippen LogP contribution in [-0.4, -0.2) is 31.4 Å². The van der Waals surface area contributed by atoms with Crippen LogP contribution in [0.15, 0.2) is 48.5 Å². The van der Waals surface area contributed by atoms with Gasteiger partial charge in [-0.1, -0.05) is 30.7 Å². The minimum absolute atomic E-state index is 0.0683. The van der Waals surface area contributed by atoms with E-state index in [0.717, 1.165) is 24.7 Å². The Morgan fingerprint density at radius 1 is 1.11 bits per heavy atom. The maximum Gasteiger partial charge on any atom is 0.244 e. The van der Waals surface area contributed by atoms with Crippen molar-refractivity contribution in [2.24, 2.45) is 5.92 Å². The first-order valence-electron chi connectivity index (χ1n) is 9.61. The molecule has 1 N–H and O–H groups in total. The van der Waals surface area contributed by atoms with Gasteiger partial charge in [0.2, 0.25) is 11.8 Å². The number of halogens is 1. The Balaban J connectivity index is 1.67. The summed E-state index contributed by atoms with van der Waals surface area (Å²) < 4.78 is 0. The second-order valence-electron chi connectivity index (χ2n) is 7.32. The highest BCUT2D eigenvalue weighted by atomic mass is 35.5. The van der Waals surface area contributed by atoms with Crippen molar-refractivity contribution in [3.8, 4) is 0 Å². The van der Waals surface area contributed by atoms with Crippen LogP contribution in [0.4, 0.5) is 17.1 Å². The molecule has 1 heterocycles.